The van der Waals surface area contributed by atoms with Gasteiger partial charge in [-0.05, 0) is 124 Å². The Bertz CT molecular complexity index is 1230. The molecule has 3 N–H and O–H groups in total. The first-order valence-corrected chi connectivity index (χ1v) is 18.1. The molecule has 254 valence electrons. The molecule has 1 heterocycles. The van der Waals surface area contributed by atoms with Crippen LogP contribution in [0.2, 0.25) is 0 Å². The van der Waals surface area contributed by atoms with Gasteiger partial charge in [0, 0.05) is 23.8 Å². The van der Waals surface area contributed by atoms with Crippen molar-refractivity contribution in [3.05, 3.63) is 0 Å². The molecule has 8 nitrogen and oxygen atoms in total. The fourth-order valence-electron chi connectivity index (χ4n) is 13.5. The summed E-state index contributed by atoms with van der Waals surface area (Å²) in [5.41, 5.74) is -1.27. The number of fused-ring (bicyclic) bond motifs is 4. The maximum absolute atomic E-state index is 12.8. The number of alkyl carbamates (subject to hydrolysis) is 1. The van der Waals surface area contributed by atoms with Crippen LogP contribution in [0.5, 0.6) is 0 Å². The third-order valence-corrected chi connectivity index (χ3v) is 15.8. The second kappa shape index (κ2) is 10.1. The zero-order valence-electron chi connectivity index (χ0n) is 29.0. The number of nitrogens with one attached hydrogen (secondary N) is 1. The van der Waals surface area contributed by atoms with Crippen molar-refractivity contribution in [2.24, 2.45) is 50.7 Å². The number of ether oxygens (including phenoxy) is 3. The zero-order valence-corrected chi connectivity index (χ0v) is 29.0. The number of esters is 1. The van der Waals surface area contributed by atoms with Gasteiger partial charge in [0.15, 0.2) is 6.10 Å². The summed E-state index contributed by atoms with van der Waals surface area (Å²) in [5, 5.41) is 26.6. The van der Waals surface area contributed by atoms with E-state index in [1.54, 1.807) is 13.8 Å². The number of rotatable bonds is 5. The Morgan fingerprint density at radius 1 is 0.978 bits per heavy atom. The van der Waals surface area contributed by atoms with Crippen LogP contribution in [0.3, 0.4) is 0 Å². The van der Waals surface area contributed by atoms with Gasteiger partial charge in [-0.2, -0.15) is 0 Å². The first-order valence-electron chi connectivity index (χ1n) is 18.1. The summed E-state index contributed by atoms with van der Waals surface area (Å²) < 4.78 is 18.7. The van der Waals surface area contributed by atoms with Crippen molar-refractivity contribution < 1.29 is 34.0 Å². The maximum atomic E-state index is 12.8. The van der Waals surface area contributed by atoms with E-state index in [1.165, 1.54) is 26.2 Å². The molecule has 8 heteroatoms. The second-order valence-electron chi connectivity index (χ2n) is 18.4. The van der Waals surface area contributed by atoms with Crippen LogP contribution in [-0.4, -0.2) is 64.4 Å². The van der Waals surface area contributed by atoms with Crippen molar-refractivity contribution >= 4 is 12.1 Å². The normalized spacial score (nSPS) is 50.4. The van der Waals surface area contributed by atoms with Crippen LogP contribution in [0.15, 0.2) is 0 Å². The molecule has 7 rings (SSSR count). The van der Waals surface area contributed by atoms with Crippen LogP contribution in [-0.2, 0) is 19.0 Å². The Labute approximate surface area is 270 Å². The second-order valence-corrected chi connectivity index (χ2v) is 18.4. The van der Waals surface area contributed by atoms with Crippen LogP contribution in [0.4, 0.5) is 4.79 Å². The van der Waals surface area contributed by atoms with Gasteiger partial charge in [0.05, 0.1) is 23.9 Å². The summed E-state index contributed by atoms with van der Waals surface area (Å²) in [6.07, 6.45) is 9.11. The van der Waals surface area contributed by atoms with Crippen LogP contribution >= 0.6 is 0 Å². The number of carbonyl (C=O) groups is 2. The molecule has 7 aliphatic rings. The van der Waals surface area contributed by atoms with E-state index < -0.39 is 29.9 Å². The van der Waals surface area contributed by atoms with Crippen molar-refractivity contribution in [1.82, 2.24) is 5.32 Å². The Balaban J connectivity index is 1.14. The fourth-order valence-corrected chi connectivity index (χ4v) is 13.5. The van der Waals surface area contributed by atoms with Gasteiger partial charge in [0.2, 0.25) is 0 Å². The number of carbonyl (C=O) groups excluding carboxylic acids is 2. The monoisotopic (exact) mass is 629 g/mol. The van der Waals surface area contributed by atoms with Crippen LogP contribution in [0, 0.1) is 50.7 Å². The molecule has 6 saturated carbocycles. The molecule has 1 aliphatic heterocycles. The molecule has 6 aliphatic carbocycles. The third kappa shape index (κ3) is 4.25. The molecule has 0 aromatic carbocycles. The van der Waals surface area contributed by atoms with Gasteiger partial charge >= 0.3 is 12.1 Å². The minimum absolute atomic E-state index is 0.0705. The van der Waals surface area contributed by atoms with Gasteiger partial charge in [-0.1, -0.05) is 34.6 Å². The highest BCUT2D eigenvalue weighted by molar-refractivity contribution is 5.68. The number of hydrogen-bond acceptors (Lipinski definition) is 7. The Kier molecular flexibility index (Phi) is 7.20. The molecule has 2 spiro atoms. The lowest BCUT2D eigenvalue weighted by molar-refractivity contribution is -0.216. The average molecular weight is 630 g/mol. The van der Waals surface area contributed by atoms with E-state index >= 15 is 0 Å². The number of hydrogen-bond donors (Lipinski definition) is 3. The lowest BCUT2D eigenvalue weighted by Crippen LogP contribution is -2.60. The molecule has 1 saturated heterocycles. The van der Waals surface area contributed by atoms with E-state index in [-0.39, 0.29) is 63.3 Å². The Morgan fingerprint density at radius 3 is 2.27 bits per heavy atom. The lowest BCUT2D eigenvalue weighted by atomic mass is 9.41. The molecule has 0 radical (unpaired) electrons. The molecular formula is C37H59NO7. The molecule has 0 aromatic heterocycles. The molecule has 7 fully saturated rings. The summed E-state index contributed by atoms with van der Waals surface area (Å²) >= 11 is 0. The fraction of sp³-hybridized carbons (Fsp3) is 0.946. The summed E-state index contributed by atoms with van der Waals surface area (Å²) in [6.45, 7) is 16.5. The molecule has 3 unspecified atom stereocenters. The Morgan fingerprint density at radius 2 is 1.64 bits per heavy atom. The van der Waals surface area contributed by atoms with E-state index in [2.05, 4.69) is 39.9 Å². The van der Waals surface area contributed by atoms with Gasteiger partial charge in [-0.25, -0.2) is 4.79 Å². The lowest BCUT2D eigenvalue weighted by Gasteiger charge is -2.63. The Hall–Kier alpha value is -1.38. The molecular weight excluding hydrogens is 570 g/mol. The van der Waals surface area contributed by atoms with Gasteiger partial charge in [-0.3, -0.25) is 4.79 Å². The van der Waals surface area contributed by atoms with Gasteiger partial charge < -0.3 is 29.7 Å². The van der Waals surface area contributed by atoms with Crippen LogP contribution < -0.4 is 5.32 Å². The zero-order chi connectivity index (χ0) is 32.5. The molecule has 0 bridgehead atoms. The van der Waals surface area contributed by atoms with Crippen molar-refractivity contribution in [2.45, 2.75) is 168 Å². The third-order valence-electron chi connectivity index (χ3n) is 15.8. The molecule has 0 aromatic rings. The van der Waals surface area contributed by atoms with Crippen molar-refractivity contribution in [3.8, 4) is 0 Å². The highest BCUT2D eigenvalue weighted by Crippen LogP contribution is 2.89. The van der Waals surface area contributed by atoms with E-state index in [0.717, 1.165) is 44.9 Å². The first kappa shape index (κ1) is 32.2. The topological polar surface area (TPSA) is 114 Å². The average Bonchev–Trinajstić information content (AvgIpc) is 3.55. The first-order chi connectivity index (χ1) is 20.9. The van der Waals surface area contributed by atoms with E-state index in [4.69, 9.17) is 14.2 Å². The largest absolute Gasteiger partial charge is 0.457 e. The molecule has 13 atom stereocenters. The summed E-state index contributed by atoms with van der Waals surface area (Å²) in [6, 6.07) is 0.279. The van der Waals surface area contributed by atoms with Crippen molar-refractivity contribution in [3.63, 3.8) is 0 Å². The van der Waals surface area contributed by atoms with Crippen molar-refractivity contribution in [2.75, 3.05) is 0 Å². The number of amides is 1. The highest BCUT2D eigenvalue weighted by atomic mass is 16.6. The quantitative estimate of drug-likeness (QED) is 0.313. The summed E-state index contributed by atoms with van der Waals surface area (Å²) in [5.74, 6) is 0.935. The summed E-state index contributed by atoms with van der Waals surface area (Å²) in [7, 11) is 0. The predicted molar refractivity (Wildman–Crippen MR) is 169 cm³/mol. The van der Waals surface area contributed by atoms with Gasteiger partial charge in [0.25, 0.3) is 0 Å². The number of aliphatic hydroxyl groups excluding tert-OH is 1. The molecule has 45 heavy (non-hydrogen) atoms. The standard InChI is InChI=1S/C37H59NO7/c1-20-18-23(30(33(5,6)42)43-21(2)39)44-28-27(20)34(7)16-17-37-19-36(37)15-14-26(45-31(41)38-22-10-9-11-22)32(3,4)24(36)12-13-25(37)35(34,8)29(28)40/h20,22-30,40,42H,9-19H2,1-8H3,(H,38,41)/t20-,23?,24+,25?,26+,27+,28?,29+,30+,34-,35-,36-,37+/m1/s1. The van der Waals surface area contributed by atoms with Crippen LogP contribution in [0.25, 0.3) is 0 Å². The summed E-state index contributed by atoms with van der Waals surface area (Å²) in [4.78, 5) is 24.9. The predicted octanol–water partition coefficient (Wildman–Crippen LogP) is 6.15. The minimum atomic E-state index is -1.26. The van der Waals surface area contributed by atoms with E-state index in [1.807, 2.05) is 0 Å². The smallest absolute Gasteiger partial charge is 0.407 e. The molecule has 1 amide bonds. The van der Waals surface area contributed by atoms with Gasteiger partial charge in [0.1, 0.15) is 6.10 Å². The van der Waals surface area contributed by atoms with Gasteiger partial charge in [-0.15, -0.1) is 0 Å². The van der Waals surface area contributed by atoms with E-state index in [9.17, 15) is 19.8 Å². The SMILES string of the molecule is CC(=O)O[C@@H](C1C[C@@H](C)[C@H]2C(O1)[C@H](O)[C@@]1(C)C3CC[C@H]4C(C)(C)[C@@H](OC(=O)NC5CCC5)CC[C@@]45C[C@@]35CC[C@]21C)C(C)(C)O. The number of aliphatic hydroxyl groups is 2. The maximum Gasteiger partial charge on any atom is 0.407 e. The van der Waals surface area contributed by atoms with E-state index in [0.29, 0.717) is 18.3 Å². The van der Waals surface area contributed by atoms with Crippen molar-refractivity contribution in [1.29, 1.82) is 0 Å². The highest BCUT2D eigenvalue weighted by Gasteiger charge is 2.84. The minimum Gasteiger partial charge on any atom is -0.457 e. The van der Waals surface area contributed by atoms with Crippen LogP contribution in [0.1, 0.15) is 126 Å².